The Balaban J connectivity index is 2.56. The molecule has 1 heterocycles. The van der Waals surface area contributed by atoms with Crippen LogP contribution >= 0.6 is 0 Å². The summed E-state index contributed by atoms with van der Waals surface area (Å²) in [5, 5.41) is 0. The van der Waals surface area contributed by atoms with E-state index in [1.165, 1.54) is 6.08 Å². The second-order valence-electron chi connectivity index (χ2n) is 2.87. The first-order valence-corrected chi connectivity index (χ1v) is 4.02. The summed E-state index contributed by atoms with van der Waals surface area (Å²) in [4.78, 5) is 1.98. The van der Waals surface area contributed by atoms with Crippen molar-refractivity contribution in [2.24, 2.45) is 0 Å². The van der Waals surface area contributed by atoms with E-state index in [9.17, 15) is 13.2 Å². The predicted molar refractivity (Wildman–Crippen MR) is 40.9 cm³/mol. The Labute approximate surface area is 69.9 Å². The van der Waals surface area contributed by atoms with Crippen LogP contribution in [0.15, 0.2) is 11.6 Å². The summed E-state index contributed by atoms with van der Waals surface area (Å²) in [7, 11) is 0. The number of alkyl halides is 3. The van der Waals surface area contributed by atoms with Crippen LogP contribution in [0.5, 0.6) is 0 Å². The maximum absolute atomic E-state index is 12.1. The standard InChI is InChI=1S/C8H12F3N/c1-2-12-5-3-7(4-6-12)8(9,10)11/h3H,2,4-6H2,1H3. The molecule has 0 aromatic rings. The minimum Gasteiger partial charge on any atom is -0.300 e. The molecule has 0 aromatic carbocycles. The highest BCUT2D eigenvalue weighted by atomic mass is 19.4. The lowest BCUT2D eigenvalue weighted by molar-refractivity contribution is -0.0959. The lowest BCUT2D eigenvalue weighted by Crippen LogP contribution is -2.31. The van der Waals surface area contributed by atoms with Gasteiger partial charge in [-0.3, -0.25) is 4.90 Å². The average Bonchev–Trinajstić information content (AvgIpc) is 2.03. The number of nitrogens with zero attached hydrogens (tertiary/aromatic N) is 1. The average molecular weight is 179 g/mol. The van der Waals surface area contributed by atoms with Crippen molar-refractivity contribution < 1.29 is 13.2 Å². The highest BCUT2D eigenvalue weighted by Gasteiger charge is 2.34. The molecule has 0 radical (unpaired) electrons. The van der Waals surface area contributed by atoms with Crippen molar-refractivity contribution in [3.63, 3.8) is 0 Å². The fraction of sp³-hybridized carbons (Fsp3) is 0.750. The molecule has 0 spiro atoms. The number of hydrogen-bond acceptors (Lipinski definition) is 1. The van der Waals surface area contributed by atoms with E-state index in [2.05, 4.69) is 0 Å². The second kappa shape index (κ2) is 3.47. The van der Waals surface area contributed by atoms with Crippen molar-refractivity contribution in [2.75, 3.05) is 19.6 Å². The molecule has 1 aliphatic heterocycles. The van der Waals surface area contributed by atoms with Crippen LogP contribution in [0, 0.1) is 0 Å². The first kappa shape index (κ1) is 9.58. The fourth-order valence-electron chi connectivity index (χ4n) is 1.26. The largest absolute Gasteiger partial charge is 0.412 e. The van der Waals surface area contributed by atoms with E-state index in [0.717, 1.165) is 6.54 Å². The van der Waals surface area contributed by atoms with E-state index in [1.54, 1.807) is 0 Å². The van der Waals surface area contributed by atoms with Gasteiger partial charge in [0, 0.05) is 18.7 Å². The SMILES string of the molecule is CCN1CC=C(C(F)(F)F)CC1. The summed E-state index contributed by atoms with van der Waals surface area (Å²) in [5.74, 6) is 0. The molecule has 4 heteroatoms. The highest BCUT2D eigenvalue weighted by Crippen LogP contribution is 2.29. The van der Waals surface area contributed by atoms with Crippen LogP contribution in [-0.2, 0) is 0 Å². The Morgan fingerprint density at radius 3 is 2.50 bits per heavy atom. The molecule has 0 fully saturated rings. The van der Waals surface area contributed by atoms with E-state index in [1.807, 2.05) is 11.8 Å². The number of halogens is 3. The highest BCUT2D eigenvalue weighted by molar-refractivity contribution is 5.12. The Morgan fingerprint density at radius 1 is 1.50 bits per heavy atom. The monoisotopic (exact) mass is 179 g/mol. The third kappa shape index (κ3) is 2.24. The number of hydrogen-bond donors (Lipinski definition) is 0. The zero-order valence-corrected chi connectivity index (χ0v) is 6.99. The van der Waals surface area contributed by atoms with Gasteiger partial charge in [0.25, 0.3) is 0 Å². The molecule has 0 saturated carbocycles. The van der Waals surface area contributed by atoms with E-state index >= 15 is 0 Å². The van der Waals surface area contributed by atoms with Gasteiger partial charge in [0.15, 0.2) is 0 Å². The van der Waals surface area contributed by atoms with Gasteiger partial charge in [-0.15, -0.1) is 0 Å². The minimum absolute atomic E-state index is 0.136. The molecule has 0 saturated heterocycles. The Bertz CT molecular complexity index is 183. The van der Waals surface area contributed by atoms with Gasteiger partial charge in [0.05, 0.1) is 0 Å². The molecule has 0 amide bonds. The summed E-state index contributed by atoms with van der Waals surface area (Å²) in [5.41, 5.74) is -0.368. The molecule has 70 valence electrons. The third-order valence-corrected chi connectivity index (χ3v) is 2.10. The maximum Gasteiger partial charge on any atom is 0.412 e. The van der Waals surface area contributed by atoms with Crippen molar-refractivity contribution in [2.45, 2.75) is 19.5 Å². The van der Waals surface area contributed by atoms with Crippen molar-refractivity contribution in [1.82, 2.24) is 4.90 Å². The van der Waals surface area contributed by atoms with Gasteiger partial charge in [-0.1, -0.05) is 13.0 Å². The molecule has 0 unspecified atom stereocenters. The summed E-state index contributed by atoms with van der Waals surface area (Å²) in [6.45, 7) is 3.74. The first-order valence-electron chi connectivity index (χ1n) is 4.02. The molecule has 1 rings (SSSR count). The lowest BCUT2D eigenvalue weighted by Gasteiger charge is -2.25. The summed E-state index contributed by atoms with van der Waals surface area (Å²) >= 11 is 0. The minimum atomic E-state index is -4.11. The van der Waals surface area contributed by atoms with Crippen molar-refractivity contribution >= 4 is 0 Å². The van der Waals surface area contributed by atoms with Gasteiger partial charge in [-0.2, -0.15) is 13.2 Å². The maximum atomic E-state index is 12.1. The topological polar surface area (TPSA) is 3.24 Å². The Morgan fingerprint density at radius 2 is 2.17 bits per heavy atom. The molecule has 0 atom stereocenters. The van der Waals surface area contributed by atoms with E-state index in [4.69, 9.17) is 0 Å². The molecule has 0 aliphatic carbocycles. The predicted octanol–water partition coefficient (Wildman–Crippen LogP) is 2.20. The summed E-state index contributed by atoms with van der Waals surface area (Å²) in [6, 6.07) is 0. The number of rotatable bonds is 1. The van der Waals surface area contributed by atoms with Crippen LogP contribution in [0.4, 0.5) is 13.2 Å². The molecule has 0 N–H and O–H groups in total. The smallest absolute Gasteiger partial charge is 0.300 e. The van der Waals surface area contributed by atoms with Crippen molar-refractivity contribution in [3.8, 4) is 0 Å². The molecule has 0 aromatic heterocycles. The van der Waals surface area contributed by atoms with Gasteiger partial charge in [-0.25, -0.2) is 0 Å². The van der Waals surface area contributed by atoms with Crippen LogP contribution in [-0.4, -0.2) is 30.7 Å². The molecular weight excluding hydrogens is 167 g/mol. The van der Waals surface area contributed by atoms with Crippen molar-refractivity contribution in [3.05, 3.63) is 11.6 Å². The van der Waals surface area contributed by atoms with Crippen LogP contribution in [0.25, 0.3) is 0 Å². The van der Waals surface area contributed by atoms with E-state index in [0.29, 0.717) is 13.1 Å². The van der Waals surface area contributed by atoms with E-state index < -0.39 is 6.18 Å². The van der Waals surface area contributed by atoms with Crippen LogP contribution in [0.1, 0.15) is 13.3 Å². The zero-order valence-electron chi connectivity index (χ0n) is 6.99. The lowest BCUT2D eigenvalue weighted by atomic mass is 10.1. The molecular formula is C8H12F3N. The Kier molecular flexibility index (Phi) is 2.77. The fourth-order valence-corrected chi connectivity index (χ4v) is 1.26. The normalized spacial score (nSPS) is 20.8. The quantitative estimate of drug-likeness (QED) is 0.558. The first-order chi connectivity index (χ1) is 5.54. The molecule has 0 bridgehead atoms. The molecule has 1 aliphatic rings. The van der Waals surface area contributed by atoms with Gasteiger partial charge >= 0.3 is 6.18 Å². The second-order valence-corrected chi connectivity index (χ2v) is 2.87. The van der Waals surface area contributed by atoms with E-state index in [-0.39, 0.29) is 12.0 Å². The van der Waals surface area contributed by atoms with Gasteiger partial charge in [0.2, 0.25) is 0 Å². The van der Waals surface area contributed by atoms with Gasteiger partial charge < -0.3 is 0 Å². The van der Waals surface area contributed by atoms with Crippen molar-refractivity contribution in [1.29, 1.82) is 0 Å². The third-order valence-electron chi connectivity index (χ3n) is 2.10. The van der Waals surface area contributed by atoms with Crippen LogP contribution < -0.4 is 0 Å². The Hall–Kier alpha value is -0.510. The van der Waals surface area contributed by atoms with Crippen LogP contribution in [0.3, 0.4) is 0 Å². The van der Waals surface area contributed by atoms with Gasteiger partial charge in [0.1, 0.15) is 0 Å². The van der Waals surface area contributed by atoms with Crippen LogP contribution in [0.2, 0.25) is 0 Å². The summed E-state index contributed by atoms with van der Waals surface area (Å²) < 4.78 is 36.3. The molecule has 12 heavy (non-hydrogen) atoms. The summed E-state index contributed by atoms with van der Waals surface area (Å²) in [6.07, 6.45) is -2.69. The molecule has 1 nitrogen and oxygen atoms in total. The van der Waals surface area contributed by atoms with Gasteiger partial charge in [-0.05, 0) is 13.0 Å². The zero-order chi connectivity index (χ0) is 9.19. The number of likely N-dealkylation sites (N-methyl/N-ethyl adjacent to an activating group) is 1.